The fourth-order valence-corrected chi connectivity index (χ4v) is 2.13. The minimum absolute atomic E-state index is 0.0520. The highest BCUT2D eigenvalue weighted by Crippen LogP contribution is 2.18. The molecule has 2 aromatic carbocycles. The molecule has 3 N–H and O–H groups in total. The molecule has 2 rings (SSSR count). The van der Waals surface area contributed by atoms with Gasteiger partial charge in [0.15, 0.2) is 0 Å². The summed E-state index contributed by atoms with van der Waals surface area (Å²) in [5.74, 6) is 0.431. The molecule has 0 aliphatic carbocycles. The first-order valence-corrected chi connectivity index (χ1v) is 7.09. The molecule has 0 aliphatic rings. The second-order valence-electron chi connectivity index (χ2n) is 4.47. The van der Waals surface area contributed by atoms with E-state index in [4.69, 9.17) is 22.7 Å². The highest BCUT2D eigenvalue weighted by atomic mass is 32.1. The Morgan fingerprint density at radius 1 is 1.14 bits per heavy atom. The molecule has 110 valence electrons. The first-order chi connectivity index (χ1) is 10.2. The normalized spacial score (nSPS) is 10.1. The zero-order valence-electron chi connectivity index (χ0n) is 11.5. The average Bonchev–Trinajstić information content (AvgIpc) is 2.47. The number of rotatable bonds is 7. The third-order valence-corrected chi connectivity index (χ3v) is 3.11. The molecule has 0 radical (unpaired) electrons. The van der Waals surface area contributed by atoms with Gasteiger partial charge in [0, 0.05) is 12.2 Å². The summed E-state index contributed by atoms with van der Waals surface area (Å²) in [5, 5.41) is 3.13. The van der Waals surface area contributed by atoms with Crippen molar-refractivity contribution >= 4 is 22.9 Å². The van der Waals surface area contributed by atoms with Gasteiger partial charge in [-0.25, -0.2) is 4.39 Å². The lowest BCUT2D eigenvalue weighted by Crippen LogP contribution is -2.16. The van der Waals surface area contributed by atoms with E-state index in [0.717, 1.165) is 12.2 Å². The van der Waals surface area contributed by atoms with Gasteiger partial charge in [0.1, 0.15) is 16.6 Å². The van der Waals surface area contributed by atoms with Gasteiger partial charge in [-0.3, -0.25) is 0 Å². The Labute approximate surface area is 128 Å². The molecule has 0 saturated carbocycles. The standard InChI is InChI=1S/C16H17FN2OS/c17-13-8-4-9-14(15(13)16(18)21)19-10-5-11-20-12-6-2-1-3-7-12/h1-4,6-9,19H,5,10-11H2,(H2,18,21). The second kappa shape index (κ2) is 7.59. The molecule has 0 amide bonds. The van der Waals surface area contributed by atoms with Gasteiger partial charge >= 0.3 is 0 Å². The number of anilines is 1. The summed E-state index contributed by atoms with van der Waals surface area (Å²) in [4.78, 5) is 0.0520. The smallest absolute Gasteiger partial charge is 0.135 e. The molecule has 0 heterocycles. The van der Waals surface area contributed by atoms with E-state index in [1.54, 1.807) is 12.1 Å². The molecule has 0 spiro atoms. The van der Waals surface area contributed by atoms with Crippen LogP contribution in [0.25, 0.3) is 0 Å². The maximum atomic E-state index is 13.7. The van der Waals surface area contributed by atoms with Crippen molar-refractivity contribution in [2.75, 3.05) is 18.5 Å². The lowest BCUT2D eigenvalue weighted by Gasteiger charge is -2.12. The monoisotopic (exact) mass is 304 g/mol. The zero-order chi connectivity index (χ0) is 15.1. The molecule has 0 aromatic heterocycles. The maximum Gasteiger partial charge on any atom is 0.135 e. The minimum atomic E-state index is -0.409. The number of benzene rings is 2. The van der Waals surface area contributed by atoms with Crippen LogP contribution in [0.3, 0.4) is 0 Å². The number of nitrogens with one attached hydrogen (secondary N) is 1. The molecule has 0 saturated heterocycles. The Hall–Kier alpha value is -2.14. The summed E-state index contributed by atoms with van der Waals surface area (Å²) in [6, 6.07) is 14.3. The van der Waals surface area contributed by atoms with Gasteiger partial charge in [0.2, 0.25) is 0 Å². The molecule has 0 aliphatic heterocycles. The minimum Gasteiger partial charge on any atom is -0.494 e. The Morgan fingerprint density at radius 2 is 1.90 bits per heavy atom. The van der Waals surface area contributed by atoms with Crippen LogP contribution in [0.15, 0.2) is 48.5 Å². The van der Waals surface area contributed by atoms with Crippen molar-refractivity contribution in [1.82, 2.24) is 0 Å². The molecule has 0 fully saturated rings. The van der Waals surface area contributed by atoms with Crippen LogP contribution in [0.2, 0.25) is 0 Å². The molecule has 0 unspecified atom stereocenters. The predicted octanol–water partition coefficient (Wildman–Crippen LogP) is 3.34. The molecule has 3 nitrogen and oxygen atoms in total. The number of thiocarbonyl (C=S) groups is 1. The Morgan fingerprint density at radius 3 is 2.62 bits per heavy atom. The number of para-hydroxylation sites is 1. The lowest BCUT2D eigenvalue weighted by molar-refractivity contribution is 0.315. The number of ether oxygens (including phenoxy) is 1. The molecular formula is C16H17FN2OS. The van der Waals surface area contributed by atoms with Crippen molar-refractivity contribution < 1.29 is 9.13 Å². The van der Waals surface area contributed by atoms with E-state index in [9.17, 15) is 4.39 Å². The quantitative estimate of drug-likeness (QED) is 0.608. The SMILES string of the molecule is NC(=S)c1c(F)cccc1NCCCOc1ccccc1. The van der Waals surface area contributed by atoms with E-state index in [-0.39, 0.29) is 10.6 Å². The van der Waals surface area contributed by atoms with Crippen LogP contribution in [0.1, 0.15) is 12.0 Å². The van der Waals surface area contributed by atoms with Crippen molar-refractivity contribution in [3.05, 3.63) is 59.9 Å². The topological polar surface area (TPSA) is 47.3 Å². The van der Waals surface area contributed by atoms with Crippen molar-refractivity contribution in [2.24, 2.45) is 5.73 Å². The molecule has 5 heteroatoms. The largest absolute Gasteiger partial charge is 0.494 e. The van der Waals surface area contributed by atoms with Crippen LogP contribution in [0.4, 0.5) is 10.1 Å². The van der Waals surface area contributed by atoms with E-state index >= 15 is 0 Å². The summed E-state index contributed by atoms with van der Waals surface area (Å²) < 4.78 is 19.2. The lowest BCUT2D eigenvalue weighted by atomic mass is 10.1. The molecule has 21 heavy (non-hydrogen) atoms. The third-order valence-electron chi connectivity index (χ3n) is 2.91. The van der Waals surface area contributed by atoms with Gasteiger partial charge in [-0.2, -0.15) is 0 Å². The van der Waals surface area contributed by atoms with E-state index in [1.807, 2.05) is 30.3 Å². The summed E-state index contributed by atoms with van der Waals surface area (Å²) in [6.07, 6.45) is 0.780. The summed E-state index contributed by atoms with van der Waals surface area (Å²) in [7, 11) is 0. The zero-order valence-corrected chi connectivity index (χ0v) is 12.3. The fourth-order valence-electron chi connectivity index (χ4n) is 1.92. The van der Waals surface area contributed by atoms with Crippen LogP contribution >= 0.6 is 12.2 Å². The molecular weight excluding hydrogens is 287 g/mol. The van der Waals surface area contributed by atoms with Crippen LogP contribution in [-0.4, -0.2) is 18.1 Å². The maximum absolute atomic E-state index is 13.7. The van der Waals surface area contributed by atoms with E-state index in [2.05, 4.69) is 5.32 Å². The number of halogens is 1. The van der Waals surface area contributed by atoms with Gasteiger partial charge in [0.25, 0.3) is 0 Å². The highest BCUT2D eigenvalue weighted by molar-refractivity contribution is 7.80. The second-order valence-corrected chi connectivity index (χ2v) is 4.91. The van der Waals surface area contributed by atoms with Crippen molar-refractivity contribution in [3.8, 4) is 5.75 Å². The van der Waals surface area contributed by atoms with Crippen molar-refractivity contribution in [3.63, 3.8) is 0 Å². The van der Waals surface area contributed by atoms with Crippen LogP contribution < -0.4 is 15.8 Å². The van der Waals surface area contributed by atoms with Gasteiger partial charge in [-0.05, 0) is 30.7 Å². The van der Waals surface area contributed by atoms with Gasteiger partial charge in [0.05, 0.1) is 12.2 Å². The van der Waals surface area contributed by atoms with Gasteiger partial charge < -0.3 is 15.8 Å². The predicted molar refractivity (Wildman–Crippen MR) is 87.3 cm³/mol. The summed E-state index contributed by atoms with van der Waals surface area (Å²) in [5.41, 5.74) is 6.42. The van der Waals surface area contributed by atoms with E-state index in [0.29, 0.717) is 18.8 Å². The Bertz CT molecular complexity index is 604. The molecule has 0 atom stereocenters. The first kappa shape index (κ1) is 15.3. The van der Waals surface area contributed by atoms with E-state index < -0.39 is 5.82 Å². The van der Waals surface area contributed by atoms with Gasteiger partial charge in [-0.1, -0.05) is 36.5 Å². The summed E-state index contributed by atoms with van der Waals surface area (Å²) in [6.45, 7) is 1.22. The van der Waals surface area contributed by atoms with Crippen LogP contribution in [0.5, 0.6) is 5.75 Å². The summed E-state index contributed by atoms with van der Waals surface area (Å²) >= 11 is 4.88. The average molecular weight is 304 g/mol. The third kappa shape index (κ3) is 4.43. The number of nitrogens with two attached hydrogens (primary N) is 1. The van der Waals surface area contributed by atoms with Gasteiger partial charge in [-0.15, -0.1) is 0 Å². The van der Waals surface area contributed by atoms with Crippen molar-refractivity contribution in [1.29, 1.82) is 0 Å². The molecule has 0 bridgehead atoms. The Kier molecular flexibility index (Phi) is 5.51. The van der Waals surface area contributed by atoms with Crippen LogP contribution in [-0.2, 0) is 0 Å². The van der Waals surface area contributed by atoms with Crippen LogP contribution in [0, 0.1) is 5.82 Å². The number of hydrogen-bond donors (Lipinski definition) is 2. The van der Waals surface area contributed by atoms with E-state index in [1.165, 1.54) is 6.07 Å². The first-order valence-electron chi connectivity index (χ1n) is 6.68. The molecule has 2 aromatic rings. The van der Waals surface area contributed by atoms with Crippen molar-refractivity contribution in [2.45, 2.75) is 6.42 Å². The Balaban J connectivity index is 1.81. The highest BCUT2D eigenvalue weighted by Gasteiger charge is 2.10. The number of hydrogen-bond acceptors (Lipinski definition) is 3. The fraction of sp³-hybridized carbons (Fsp3) is 0.188.